The van der Waals surface area contributed by atoms with Gasteiger partial charge in [0.15, 0.2) is 0 Å². The van der Waals surface area contributed by atoms with Crippen molar-refractivity contribution < 1.29 is 79.5 Å². The zero-order chi connectivity index (χ0) is 0. The Hall–Kier alpha value is 1.29. The average Bonchev–Trinajstić information content (AvgIpc) is 0. The van der Waals surface area contributed by atoms with Crippen molar-refractivity contribution in [2.75, 3.05) is 0 Å². The third kappa shape index (κ3) is 173. The van der Waals surface area contributed by atoms with Crippen LogP contribution in [0.3, 0.4) is 0 Å². The monoisotopic (exact) mass is 186 g/mol. The van der Waals surface area contributed by atoms with Gasteiger partial charge >= 0.3 is 51.3 Å². The van der Waals surface area contributed by atoms with Crippen LogP contribution in [-0.4, -0.2) is 0 Å². The van der Waals surface area contributed by atoms with Crippen LogP contribution in [-0.2, 0) is 21.7 Å². The van der Waals surface area contributed by atoms with Gasteiger partial charge in [-0.2, -0.15) is 0 Å². The molecule has 0 saturated carbocycles. The summed E-state index contributed by atoms with van der Waals surface area (Å²) in [5.41, 5.74) is 0. The molecule has 0 nitrogen and oxygen atoms in total. The molecule has 0 spiro atoms. The molecule has 0 unspecified atom stereocenters. The summed E-state index contributed by atoms with van der Waals surface area (Å²) in [7, 11) is 0. The van der Waals surface area contributed by atoms with Crippen molar-refractivity contribution in [1.82, 2.24) is 0 Å². The van der Waals surface area contributed by atoms with Crippen LogP contribution in [0, 0.1) is 0 Å². The molecule has 0 amide bonds. The van der Waals surface area contributed by atoms with E-state index in [0.29, 0.717) is 0 Å². The van der Waals surface area contributed by atoms with E-state index >= 15 is 0 Å². The molecule has 8 heteroatoms. The standard InChI is InChI=1S/6FH.Na.Ti/h6*1H;;/q;;;;;;+1;+4/p-5. The topological polar surface area (TPSA) is 0 Å². The summed E-state index contributed by atoms with van der Waals surface area (Å²) in [6, 6.07) is 0. The van der Waals surface area contributed by atoms with Gasteiger partial charge in [-0.3, -0.25) is 4.70 Å². The summed E-state index contributed by atoms with van der Waals surface area (Å²) in [5, 5.41) is 0. The quantitative estimate of drug-likeness (QED) is 0.260. The van der Waals surface area contributed by atoms with E-state index in [1.54, 1.807) is 0 Å². The van der Waals surface area contributed by atoms with E-state index in [1.807, 2.05) is 0 Å². The maximum Gasteiger partial charge on any atom is 4.00 e. The Kier molecular flexibility index (Phi) is 12600. The molecule has 0 aliphatic heterocycles. The fourth-order valence-corrected chi connectivity index (χ4v) is 0. The minimum absolute atomic E-state index is 0. The van der Waals surface area contributed by atoms with Gasteiger partial charge in [0.2, 0.25) is 0 Å². The van der Waals surface area contributed by atoms with Gasteiger partial charge in [0, 0.05) is 0 Å². The Balaban J connectivity index is 0. The van der Waals surface area contributed by atoms with E-state index in [2.05, 4.69) is 0 Å². The first-order valence-corrected chi connectivity index (χ1v) is 0. The van der Waals surface area contributed by atoms with Crippen LogP contribution in [0.15, 0.2) is 0 Å². The van der Waals surface area contributed by atoms with Gasteiger partial charge in [-0.15, -0.1) is 0 Å². The van der Waals surface area contributed by atoms with E-state index in [4.69, 9.17) is 0 Å². The second-order valence-corrected chi connectivity index (χ2v) is 0. The zero-order valence-electron chi connectivity index (χ0n) is 3.80. The molecule has 0 aliphatic rings. The van der Waals surface area contributed by atoms with Gasteiger partial charge < -0.3 is 23.5 Å². The fourth-order valence-electron chi connectivity index (χ4n) is 0. The predicted molar refractivity (Wildman–Crippen MR) is 2.50 cm³/mol. The Morgan fingerprint density at radius 2 is 0.500 bits per heavy atom. The van der Waals surface area contributed by atoms with Gasteiger partial charge in [0.05, 0.1) is 0 Å². The Labute approximate surface area is 79.2 Å². The average molecular weight is 186 g/mol. The van der Waals surface area contributed by atoms with E-state index in [9.17, 15) is 0 Å². The molecule has 48 valence electrons. The second kappa shape index (κ2) is 263. The Bertz CT molecular complexity index is 8.49. The smallest absolute Gasteiger partial charge is 1.00 e. The number of rotatable bonds is 0. The Morgan fingerprint density at radius 1 is 0.500 bits per heavy atom. The molecule has 0 aromatic rings. The molecule has 0 aliphatic carbocycles. The molecule has 0 saturated heterocycles. The maximum atomic E-state index is 0. The normalized spacial score (nSPS) is 0. The molecule has 0 fully saturated rings. The van der Waals surface area contributed by atoms with E-state index in [0.717, 1.165) is 0 Å². The molecule has 0 radical (unpaired) electrons. The van der Waals surface area contributed by atoms with Crippen LogP contribution in [0.2, 0.25) is 0 Å². The fraction of sp³-hybridized carbons (Fsp3) is 0. The van der Waals surface area contributed by atoms with Gasteiger partial charge in [-0.05, 0) is 0 Å². The SMILES string of the molecule is F.[F-].[F-].[F-].[F-].[F-].[Na+].[Ti+4]. The molecule has 0 aromatic carbocycles. The maximum absolute atomic E-state index is 0. The predicted octanol–water partition coefficient (Wildman–Crippen LogP) is -17.8. The largest absolute Gasteiger partial charge is 4.00 e. The summed E-state index contributed by atoms with van der Waals surface area (Å²) < 4.78 is 0. The van der Waals surface area contributed by atoms with E-state index < -0.39 is 0 Å². The summed E-state index contributed by atoms with van der Waals surface area (Å²) in [6.07, 6.45) is 0. The molecule has 0 atom stereocenters. The van der Waals surface area contributed by atoms with E-state index in [1.165, 1.54) is 0 Å². The van der Waals surface area contributed by atoms with Crippen molar-refractivity contribution in [3.63, 3.8) is 0 Å². The minimum Gasteiger partial charge on any atom is -1.00 e. The van der Waals surface area contributed by atoms with Crippen LogP contribution in [0.25, 0.3) is 0 Å². The molecular weight excluding hydrogens is 185 g/mol. The third-order valence-corrected chi connectivity index (χ3v) is 0. The van der Waals surface area contributed by atoms with Crippen LogP contribution >= 0.6 is 0 Å². The van der Waals surface area contributed by atoms with Crippen molar-refractivity contribution in [3.8, 4) is 0 Å². The van der Waals surface area contributed by atoms with Gasteiger partial charge in [-0.1, -0.05) is 0 Å². The van der Waals surface area contributed by atoms with Crippen molar-refractivity contribution in [2.45, 2.75) is 0 Å². The first kappa shape index (κ1) is 382. The Morgan fingerprint density at radius 3 is 0.500 bits per heavy atom. The number of hydrogen-bond donors (Lipinski definition) is 0. The minimum atomic E-state index is 0. The van der Waals surface area contributed by atoms with Crippen LogP contribution in [0.4, 0.5) is 4.70 Å². The van der Waals surface area contributed by atoms with Crippen LogP contribution < -0.4 is 53.1 Å². The summed E-state index contributed by atoms with van der Waals surface area (Å²) in [4.78, 5) is 0. The summed E-state index contributed by atoms with van der Waals surface area (Å²) in [5.74, 6) is 0. The number of halogens is 6. The molecule has 8 heavy (non-hydrogen) atoms. The molecule has 0 aromatic heterocycles. The second-order valence-electron chi connectivity index (χ2n) is 0. The summed E-state index contributed by atoms with van der Waals surface area (Å²) >= 11 is 0. The van der Waals surface area contributed by atoms with E-state index in [-0.39, 0.29) is 79.5 Å². The molecule has 0 N–H and O–H groups in total. The van der Waals surface area contributed by atoms with Gasteiger partial charge in [-0.25, -0.2) is 0 Å². The van der Waals surface area contributed by atoms with Crippen molar-refractivity contribution >= 4 is 0 Å². The van der Waals surface area contributed by atoms with Crippen LogP contribution in [0.1, 0.15) is 0 Å². The van der Waals surface area contributed by atoms with Crippen molar-refractivity contribution in [1.29, 1.82) is 0 Å². The van der Waals surface area contributed by atoms with Gasteiger partial charge in [0.1, 0.15) is 0 Å². The molecule has 0 rings (SSSR count). The number of hydrogen-bond acceptors (Lipinski definition) is 0. The zero-order valence-corrected chi connectivity index (χ0v) is 7.36. The van der Waals surface area contributed by atoms with Gasteiger partial charge in [0.25, 0.3) is 0 Å². The van der Waals surface area contributed by atoms with Crippen molar-refractivity contribution in [3.05, 3.63) is 0 Å². The first-order chi connectivity index (χ1) is 0. The van der Waals surface area contributed by atoms with Crippen molar-refractivity contribution in [2.24, 2.45) is 0 Å². The molecule has 0 heterocycles. The first-order valence-electron chi connectivity index (χ1n) is 0. The molecule has 0 bridgehead atoms. The third-order valence-electron chi connectivity index (χ3n) is 0. The molecular formula is HF6NaTi. The summed E-state index contributed by atoms with van der Waals surface area (Å²) in [6.45, 7) is 0. The van der Waals surface area contributed by atoms with Crippen LogP contribution in [0.5, 0.6) is 0 Å².